The van der Waals surface area contributed by atoms with Crippen LogP contribution in [0, 0.1) is 12.3 Å². The Kier molecular flexibility index (Phi) is 3.06. The molecule has 18 heavy (non-hydrogen) atoms. The molecule has 0 radical (unpaired) electrons. The number of hydrogen-bond donors (Lipinski definition) is 2. The summed E-state index contributed by atoms with van der Waals surface area (Å²) in [6.45, 7) is 1.86. The third-order valence-electron chi connectivity index (χ3n) is 2.73. The van der Waals surface area contributed by atoms with E-state index in [-0.39, 0.29) is 5.84 Å². The number of nitrogens with two attached hydrogens (primary N) is 1. The summed E-state index contributed by atoms with van der Waals surface area (Å²) in [5.41, 5.74) is 7.71. The van der Waals surface area contributed by atoms with Crippen LogP contribution in [0.1, 0.15) is 11.3 Å². The van der Waals surface area contributed by atoms with Crippen LogP contribution < -0.4 is 15.2 Å². The molecule has 1 aromatic carbocycles. The number of aryl methyl sites for hydroxylation is 1. The zero-order valence-corrected chi connectivity index (χ0v) is 10.6. The van der Waals surface area contributed by atoms with E-state index in [1.54, 1.807) is 32.4 Å². The second kappa shape index (κ2) is 4.52. The van der Waals surface area contributed by atoms with Crippen LogP contribution in [0.5, 0.6) is 11.5 Å². The molecular formula is C13H15N3O2. The van der Waals surface area contributed by atoms with Crippen LogP contribution in [0.2, 0.25) is 0 Å². The number of nitrogen functional groups attached to an aromatic ring is 1. The highest BCUT2D eigenvalue weighted by Crippen LogP contribution is 2.32. The summed E-state index contributed by atoms with van der Waals surface area (Å²) in [6, 6.07) is 5.35. The molecule has 1 heterocycles. The molecule has 2 rings (SSSR count). The highest BCUT2D eigenvalue weighted by atomic mass is 16.5. The van der Waals surface area contributed by atoms with E-state index >= 15 is 0 Å². The summed E-state index contributed by atoms with van der Waals surface area (Å²) < 4.78 is 10.5. The number of amidine groups is 1. The van der Waals surface area contributed by atoms with Crippen molar-refractivity contribution in [1.82, 2.24) is 4.98 Å². The lowest BCUT2D eigenvalue weighted by Gasteiger charge is -2.11. The highest BCUT2D eigenvalue weighted by molar-refractivity contribution is 6.08. The standard InChI is InChI=1S/C13H15N3O2/c1-7-4-10(13(14)15)9-5-8(17-2)6-11(18-3)12(9)16-7/h4-6H,1-3H3,(H3,14,15). The molecule has 0 amide bonds. The Bertz CT molecular complexity index is 623. The number of nitrogens with zero attached hydrogens (tertiary/aromatic N) is 1. The Morgan fingerprint density at radius 1 is 1.22 bits per heavy atom. The van der Waals surface area contributed by atoms with Crippen molar-refractivity contribution in [3.05, 3.63) is 29.5 Å². The van der Waals surface area contributed by atoms with Crippen molar-refractivity contribution in [2.75, 3.05) is 14.2 Å². The summed E-state index contributed by atoms with van der Waals surface area (Å²) >= 11 is 0. The average Bonchev–Trinajstić information content (AvgIpc) is 2.36. The zero-order valence-electron chi connectivity index (χ0n) is 10.6. The molecule has 0 spiro atoms. The zero-order chi connectivity index (χ0) is 13.3. The van der Waals surface area contributed by atoms with E-state index in [9.17, 15) is 0 Å². The van der Waals surface area contributed by atoms with E-state index < -0.39 is 0 Å². The van der Waals surface area contributed by atoms with Gasteiger partial charge < -0.3 is 15.2 Å². The predicted molar refractivity (Wildman–Crippen MR) is 70.6 cm³/mol. The predicted octanol–water partition coefficient (Wildman–Crippen LogP) is 1.84. The lowest BCUT2D eigenvalue weighted by atomic mass is 10.1. The van der Waals surface area contributed by atoms with Crippen LogP contribution in [0.4, 0.5) is 0 Å². The van der Waals surface area contributed by atoms with Gasteiger partial charge in [0.05, 0.1) is 14.2 Å². The molecule has 5 heteroatoms. The molecule has 0 saturated carbocycles. The molecule has 0 bridgehead atoms. The molecular weight excluding hydrogens is 230 g/mol. The van der Waals surface area contributed by atoms with Gasteiger partial charge in [0, 0.05) is 22.7 Å². The van der Waals surface area contributed by atoms with Crippen molar-refractivity contribution >= 4 is 16.7 Å². The van der Waals surface area contributed by atoms with Gasteiger partial charge in [-0.25, -0.2) is 4.98 Å². The fraction of sp³-hybridized carbons (Fsp3) is 0.231. The van der Waals surface area contributed by atoms with Gasteiger partial charge in [0.1, 0.15) is 22.9 Å². The van der Waals surface area contributed by atoms with E-state index in [1.165, 1.54) is 0 Å². The third kappa shape index (κ3) is 1.95. The average molecular weight is 245 g/mol. The Morgan fingerprint density at radius 2 is 1.94 bits per heavy atom. The maximum absolute atomic E-state index is 7.64. The van der Waals surface area contributed by atoms with Crippen LogP contribution in [0.3, 0.4) is 0 Å². The fourth-order valence-electron chi connectivity index (χ4n) is 1.89. The van der Waals surface area contributed by atoms with Crippen molar-refractivity contribution in [3.63, 3.8) is 0 Å². The topological polar surface area (TPSA) is 81.2 Å². The van der Waals surface area contributed by atoms with Gasteiger partial charge in [0.15, 0.2) is 0 Å². The first kappa shape index (κ1) is 12.2. The van der Waals surface area contributed by atoms with Gasteiger partial charge in [0.2, 0.25) is 0 Å². The molecule has 94 valence electrons. The van der Waals surface area contributed by atoms with Gasteiger partial charge in [0.25, 0.3) is 0 Å². The Hall–Kier alpha value is -2.30. The second-order valence-corrected chi connectivity index (χ2v) is 3.95. The summed E-state index contributed by atoms with van der Waals surface area (Å²) in [7, 11) is 3.15. The van der Waals surface area contributed by atoms with Gasteiger partial charge in [-0.3, -0.25) is 5.41 Å². The molecule has 0 atom stereocenters. The minimum absolute atomic E-state index is 0.000746. The maximum Gasteiger partial charge on any atom is 0.148 e. The smallest absolute Gasteiger partial charge is 0.148 e. The van der Waals surface area contributed by atoms with Crippen molar-refractivity contribution in [1.29, 1.82) is 5.41 Å². The van der Waals surface area contributed by atoms with Crippen LogP contribution in [-0.4, -0.2) is 25.0 Å². The molecule has 3 N–H and O–H groups in total. The summed E-state index contributed by atoms with van der Waals surface area (Å²) in [4.78, 5) is 4.43. The normalized spacial score (nSPS) is 10.4. The SMILES string of the molecule is COc1cc(OC)c2nc(C)cc(C(=N)N)c2c1. The molecule has 2 aromatic rings. The lowest BCUT2D eigenvalue weighted by Crippen LogP contribution is -2.12. The first-order chi connectivity index (χ1) is 8.56. The monoisotopic (exact) mass is 245 g/mol. The number of pyridine rings is 1. The van der Waals surface area contributed by atoms with Gasteiger partial charge in [-0.05, 0) is 19.1 Å². The van der Waals surface area contributed by atoms with E-state index in [2.05, 4.69) is 4.98 Å². The molecule has 0 fully saturated rings. The van der Waals surface area contributed by atoms with E-state index in [0.717, 1.165) is 11.1 Å². The minimum atomic E-state index is 0.000746. The van der Waals surface area contributed by atoms with Crippen molar-refractivity contribution in [2.24, 2.45) is 5.73 Å². The Balaban J connectivity index is 2.89. The van der Waals surface area contributed by atoms with E-state index in [0.29, 0.717) is 22.6 Å². The van der Waals surface area contributed by atoms with Gasteiger partial charge in [-0.1, -0.05) is 0 Å². The number of aromatic nitrogens is 1. The number of methoxy groups -OCH3 is 2. The van der Waals surface area contributed by atoms with Crippen molar-refractivity contribution in [2.45, 2.75) is 6.92 Å². The highest BCUT2D eigenvalue weighted by Gasteiger charge is 2.12. The van der Waals surface area contributed by atoms with Crippen LogP contribution in [0.25, 0.3) is 10.9 Å². The molecule has 0 aliphatic heterocycles. The first-order valence-electron chi connectivity index (χ1n) is 5.44. The summed E-state index contributed by atoms with van der Waals surface area (Å²) in [5, 5.41) is 8.39. The third-order valence-corrected chi connectivity index (χ3v) is 2.73. The van der Waals surface area contributed by atoms with E-state index in [1.807, 2.05) is 6.92 Å². The molecule has 0 aliphatic carbocycles. The molecule has 0 aliphatic rings. The Morgan fingerprint density at radius 3 is 2.50 bits per heavy atom. The Labute approximate surface area is 105 Å². The van der Waals surface area contributed by atoms with Gasteiger partial charge >= 0.3 is 0 Å². The number of nitrogens with one attached hydrogen (secondary N) is 1. The van der Waals surface area contributed by atoms with Crippen molar-refractivity contribution in [3.8, 4) is 11.5 Å². The lowest BCUT2D eigenvalue weighted by molar-refractivity contribution is 0.397. The van der Waals surface area contributed by atoms with Gasteiger partial charge in [-0.15, -0.1) is 0 Å². The number of ether oxygens (including phenoxy) is 2. The first-order valence-corrected chi connectivity index (χ1v) is 5.44. The largest absolute Gasteiger partial charge is 0.497 e. The van der Waals surface area contributed by atoms with Crippen molar-refractivity contribution < 1.29 is 9.47 Å². The van der Waals surface area contributed by atoms with Crippen LogP contribution in [-0.2, 0) is 0 Å². The summed E-state index contributed by atoms with van der Waals surface area (Å²) in [6.07, 6.45) is 0. The van der Waals surface area contributed by atoms with E-state index in [4.69, 9.17) is 20.6 Å². The van der Waals surface area contributed by atoms with Crippen LogP contribution in [0.15, 0.2) is 18.2 Å². The van der Waals surface area contributed by atoms with Gasteiger partial charge in [-0.2, -0.15) is 0 Å². The summed E-state index contributed by atoms with van der Waals surface area (Å²) in [5.74, 6) is 1.25. The molecule has 5 nitrogen and oxygen atoms in total. The number of benzene rings is 1. The maximum atomic E-state index is 7.64. The second-order valence-electron chi connectivity index (χ2n) is 3.95. The molecule has 0 unspecified atom stereocenters. The molecule has 0 saturated heterocycles. The quantitative estimate of drug-likeness (QED) is 0.638. The number of rotatable bonds is 3. The fourth-order valence-corrected chi connectivity index (χ4v) is 1.89. The van der Waals surface area contributed by atoms with Crippen LogP contribution >= 0.6 is 0 Å². The molecule has 1 aromatic heterocycles. The minimum Gasteiger partial charge on any atom is -0.497 e. The number of fused-ring (bicyclic) bond motifs is 1. The number of hydrogen-bond acceptors (Lipinski definition) is 4.